The number of pyridine rings is 1. The van der Waals surface area contributed by atoms with Crippen molar-refractivity contribution in [3.8, 4) is 10.7 Å². The van der Waals surface area contributed by atoms with Gasteiger partial charge >= 0.3 is 0 Å². The molecule has 3 rings (SSSR count). The van der Waals surface area contributed by atoms with Gasteiger partial charge in [0, 0.05) is 31.3 Å². The van der Waals surface area contributed by atoms with Gasteiger partial charge in [0.25, 0.3) is 0 Å². The van der Waals surface area contributed by atoms with Crippen LogP contribution in [0.1, 0.15) is 5.56 Å². The normalized spacial score (nSPS) is 10.6. The highest BCUT2D eigenvalue weighted by molar-refractivity contribution is 7.13. The van der Waals surface area contributed by atoms with Crippen LogP contribution in [0.25, 0.3) is 10.7 Å². The van der Waals surface area contributed by atoms with Gasteiger partial charge in [-0.2, -0.15) is 0 Å². The number of nitrogens with zero attached hydrogens (tertiary/aromatic N) is 3. The van der Waals surface area contributed by atoms with E-state index in [1.165, 1.54) is 10.4 Å². The van der Waals surface area contributed by atoms with Crippen LogP contribution in [-0.4, -0.2) is 14.5 Å². The number of imidazole rings is 1. The van der Waals surface area contributed by atoms with Crippen molar-refractivity contribution in [3.05, 3.63) is 60.0 Å². The second-order valence-electron chi connectivity index (χ2n) is 3.71. The largest absolute Gasteiger partial charge is 0.326 e. The average molecular weight is 241 g/mol. The molecule has 3 aromatic rings. The first-order valence-corrected chi connectivity index (χ1v) is 6.25. The summed E-state index contributed by atoms with van der Waals surface area (Å²) in [5.41, 5.74) is 1.23. The first-order valence-electron chi connectivity index (χ1n) is 5.37. The lowest BCUT2D eigenvalue weighted by Crippen LogP contribution is -2.00. The van der Waals surface area contributed by atoms with E-state index in [0.29, 0.717) is 0 Å². The molecule has 0 atom stereocenters. The molecule has 0 aromatic carbocycles. The van der Waals surface area contributed by atoms with Gasteiger partial charge in [0.1, 0.15) is 5.82 Å². The molecule has 0 bridgehead atoms. The van der Waals surface area contributed by atoms with E-state index in [2.05, 4.69) is 26.0 Å². The molecule has 84 valence electrons. The number of hydrogen-bond acceptors (Lipinski definition) is 3. The summed E-state index contributed by atoms with van der Waals surface area (Å²) in [7, 11) is 0. The minimum absolute atomic E-state index is 0.829. The molecule has 0 fully saturated rings. The van der Waals surface area contributed by atoms with Gasteiger partial charge in [0.05, 0.1) is 4.88 Å². The summed E-state index contributed by atoms with van der Waals surface area (Å²) in [6.45, 7) is 0.829. The number of rotatable bonds is 3. The molecule has 0 aliphatic rings. The molecule has 0 saturated carbocycles. The van der Waals surface area contributed by atoms with Crippen molar-refractivity contribution in [1.82, 2.24) is 14.5 Å². The topological polar surface area (TPSA) is 30.7 Å². The minimum Gasteiger partial charge on any atom is -0.326 e. The fraction of sp³-hybridized carbons (Fsp3) is 0.0769. The lowest BCUT2D eigenvalue weighted by Gasteiger charge is -2.06. The zero-order valence-corrected chi connectivity index (χ0v) is 9.97. The van der Waals surface area contributed by atoms with Crippen LogP contribution in [0.4, 0.5) is 0 Å². The number of thiophene rings is 1. The summed E-state index contributed by atoms with van der Waals surface area (Å²) in [6, 6.07) is 8.19. The third-order valence-corrected chi connectivity index (χ3v) is 3.43. The van der Waals surface area contributed by atoms with Crippen LogP contribution in [0.2, 0.25) is 0 Å². The Morgan fingerprint density at radius 2 is 2.00 bits per heavy atom. The fourth-order valence-corrected chi connectivity index (χ4v) is 2.49. The van der Waals surface area contributed by atoms with Crippen LogP contribution in [0.5, 0.6) is 0 Å². The second kappa shape index (κ2) is 4.51. The number of hydrogen-bond donors (Lipinski definition) is 0. The van der Waals surface area contributed by atoms with Gasteiger partial charge in [0.15, 0.2) is 0 Å². The standard InChI is InChI=1S/C13H11N3S/c1-2-12(17-9-1)13-15-7-8-16(13)10-11-3-5-14-6-4-11/h1-9H,10H2. The summed E-state index contributed by atoms with van der Waals surface area (Å²) in [5.74, 6) is 1.02. The van der Waals surface area contributed by atoms with E-state index in [4.69, 9.17) is 0 Å². The highest BCUT2D eigenvalue weighted by atomic mass is 32.1. The van der Waals surface area contributed by atoms with Gasteiger partial charge in [-0.15, -0.1) is 11.3 Å². The third-order valence-electron chi connectivity index (χ3n) is 2.56. The van der Waals surface area contributed by atoms with Gasteiger partial charge in [-0.3, -0.25) is 4.98 Å². The molecular weight excluding hydrogens is 230 g/mol. The van der Waals surface area contributed by atoms with Gasteiger partial charge < -0.3 is 4.57 Å². The van der Waals surface area contributed by atoms with E-state index in [1.807, 2.05) is 43.0 Å². The molecule has 0 amide bonds. The Morgan fingerprint density at radius 1 is 1.12 bits per heavy atom. The average Bonchev–Trinajstić information content (AvgIpc) is 3.00. The Balaban J connectivity index is 1.92. The van der Waals surface area contributed by atoms with Gasteiger partial charge in [-0.25, -0.2) is 4.98 Å². The van der Waals surface area contributed by atoms with Crippen molar-refractivity contribution in [3.63, 3.8) is 0 Å². The van der Waals surface area contributed by atoms with Crippen LogP contribution in [0, 0.1) is 0 Å². The van der Waals surface area contributed by atoms with Gasteiger partial charge in [-0.1, -0.05) is 6.07 Å². The van der Waals surface area contributed by atoms with E-state index < -0.39 is 0 Å². The Kier molecular flexibility index (Phi) is 2.71. The molecule has 0 aliphatic heterocycles. The molecular formula is C13H11N3S. The van der Waals surface area contributed by atoms with Crippen LogP contribution in [-0.2, 0) is 6.54 Å². The predicted octanol–water partition coefficient (Wildman–Crippen LogP) is 3.05. The molecule has 4 heteroatoms. The highest BCUT2D eigenvalue weighted by Crippen LogP contribution is 2.23. The maximum Gasteiger partial charge on any atom is 0.150 e. The summed E-state index contributed by atoms with van der Waals surface area (Å²) < 4.78 is 2.15. The first-order chi connectivity index (χ1) is 8.43. The fourth-order valence-electron chi connectivity index (χ4n) is 1.75. The molecule has 3 aromatic heterocycles. The Morgan fingerprint density at radius 3 is 2.76 bits per heavy atom. The zero-order chi connectivity index (χ0) is 11.5. The van der Waals surface area contributed by atoms with Crippen molar-refractivity contribution in [2.24, 2.45) is 0 Å². The summed E-state index contributed by atoms with van der Waals surface area (Å²) in [4.78, 5) is 9.63. The van der Waals surface area contributed by atoms with Crippen molar-refractivity contribution < 1.29 is 0 Å². The van der Waals surface area contributed by atoms with Gasteiger partial charge in [-0.05, 0) is 29.1 Å². The Labute approximate surface area is 103 Å². The Bertz CT molecular complexity index is 584. The van der Waals surface area contributed by atoms with Crippen molar-refractivity contribution in [2.75, 3.05) is 0 Å². The first kappa shape index (κ1) is 10.2. The van der Waals surface area contributed by atoms with Crippen LogP contribution in [0.15, 0.2) is 54.4 Å². The summed E-state index contributed by atoms with van der Waals surface area (Å²) >= 11 is 1.71. The molecule has 3 heterocycles. The maximum atomic E-state index is 4.41. The molecule has 0 unspecified atom stereocenters. The van der Waals surface area contributed by atoms with Crippen molar-refractivity contribution in [1.29, 1.82) is 0 Å². The number of aromatic nitrogens is 3. The molecule has 17 heavy (non-hydrogen) atoms. The summed E-state index contributed by atoms with van der Waals surface area (Å²) in [6.07, 6.45) is 7.49. The minimum atomic E-state index is 0.829. The quantitative estimate of drug-likeness (QED) is 0.705. The van der Waals surface area contributed by atoms with E-state index >= 15 is 0 Å². The van der Waals surface area contributed by atoms with E-state index in [1.54, 1.807) is 11.3 Å². The van der Waals surface area contributed by atoms with Crippen LogP contribution >= 0.6 is 11.3 Å². The third kappa shape index (κ3) is 2.12. The molecule has 0 radical (unpaired) electrons. The summed E-state index contributed by atoms with van der Waals surface area (Å²) in [5, 5.41) is 2.07. The SMILES string of the molecule is c1csc(-c2nccn2Cc2ccncc2)c1. The van der Waals surface area contributed by atoms with Crippen molar-refractivity contribution in [2.45, 2.75) is 6.54 Å². The van der Waals surface area contributed by atoms with Crippen LogP contribution in [0.3, 0.4) is 0 Å². The molecule has 0 N–H and O–H groups in total. The van der Waals surface area contributed by atoms with E-state index in [0.717, 1.165) is 12.4 Å². The van der Waals surface area contributed by atoms with E-state index in [-0.39, 0.29) is 0 Å². The van der Waals surface area contributed by atoms with Crippen molar-refractivity contribution >= 4 is 11.3 Å². The smallest absolute Gasteiger partial charge is 0.150 e. The lowest BCUT2D eigenvalue weighted by molar-refractivity contribution is 0.807. The predicted molar refractivity (Wildman–Crippen MR) is 68.9 cm³/mol. The van der Waals surface area contributed by atoms with E-state index in [9.17, 15) is 0 Å². The maximum absolute atomic E-state index is 4.41. The molecule has 0 spiro atoms. The van der Waals surface area contributed by atoms with Gasteiger partial charge in [0.2, 0.25) is 0 Å². The molecule has 3 nitrogen and oxygen atoms in total. The lowest BCUT2D eigenvalue weighted by atomic mass is 10.2. The van der Waals surface area contributed by atoms with Crippen LogP contribution < -0.4 is 0 Å². The molecule has 0 aliphatic carbocycles. The second-order valence-corrected chi connectivity index (χ2v) is 4.66. The highest BCUT2D eigenvalue weighted by Gasteiger charge is 2.06. The monoisotopic (exact) mass is 241 g/mol. The Hall–Kier alpha value is -1.94. The zero-order valence-electron chi connectivity index (χ0n) is 9.15. The molecule has 0 saturated heterocycles.